The number of hydrogen-bond acceptors (Lipinski definition) is 4. The molecule has 2 aromatic rings. The monoisotopic (exact) mass is 388 g/mol. The van der Waals surface area contributed by atoms with E-state index in [4.69, 9.17) is 21.1 Å². The molecule has 6 nitrogen and oxygen atoms in total. The Morgan fingerprint density at radius 1 is 1.15 bits per heavy atom. The standard InChI is InChI=1S/C20H21ClN2O4/c1-12-4-6-14(7-5-12)22-20(25)13-8-19(24)23(11-13)16-9-15(21)17(26-2)10-18(16)27-3/h4-7,9-10,13H,8,11H2,1-3H3,(H,22,25)/t13-/m1/s1. The van der Waals surface area contributed by atoms with Gasteiger partial charge in [0, 0.05) is 24.7 Å². The Kier molecular flexibility index (Phi) is 5.56. The summed E-state index contributed by atoms with van der Waals surface area (Å²) in [7, 11) is 3.01. The minimum absolute atomic E-state index is 0.129. The molecule has 0 aliphatic carbocycles. The van der Waals surface area contributed by atoms with Gasteiger partial charge in [-0.05, 0) is 25.1 Å². The minimum atomic E-state index is -0.454. The SMILES string of the molecule is COc1cc(OC)c(N2C[C@H](C(=O)Nc3ccc(C)cc3)CC2=O)cc1Cl. The molecule has 0 radical (unpaired) electrons. The fourth-order valence-corrected chi connectivity index (χ4v) is 3.29. The van der Waals surface area contributed by atoms with Crippen LogP contribution in [0.2, 0.25) is 5.02 Å². The van der Waals surface area contributed by atoms with Crippen LogP contribution in [0, 0.1) is 12.8 Å². The number of rotatable bonds is 5. The van der Waals surface area contributed by atoms with E-state index in [9.17, 15) is 9.59 Å². The topological polar surface area (TPSA) is 67.9 Å². The number of methoxy groups -OCH3 is 2. The van der Waals surface area contributed by atoms with Crippen molar-refractivity contribution < 1.29 is 19.1 Å². The van der Waals surface area contributed by atoms with Crippen molar-refractivity contribution in [2.75, 3.05) is 31.0 Å². The van der Waals surface area contributed by atoms with E-state index < -0.39 is 5.92 Å². The third-order valence-corrected chi connectivity index (χ3v) is 4.85. The van der Waals surface area contributed by atoms with Crippen molar-refractivity contribution in [1.29, 1.82) is 0 Å². The first-order valence-corrected chi connectivity index (χ1v) is 8.90. The molecule has 7 heteroatoms. The van der Waals surface area contributed by atoms with Gasteiger partial charge in [-0.2, -0.15) is 0 Å². The van der Waals surface area contributed by atoms with Crippen molar-refractivity contribution in [2.45, 2.75) is 13.3 Å². The third-order valence-electron chi connectivity index (χ3n) is 4.56. The lowest BCUT2D eigenvalue weighted by Gasteiger charge is -2.21. The summed E-state index contributed by atoms with van der Waals surface area (Å²) in [6.07, 6.45) is 0.129. The fourth-order valence-electron chi connectivity index (χ4n) is 3.05. The molecular weight excluding hydrogens is 368 g/mol. The maximum absolute atomic E-state index is 12.6. The molecule has 0 aromatic heterocycles. The summed E-state index contributed by atoms with van der Waals surface area (Å²) in [5.41, 5.74) is 2.35. The van der Waals surface area contributed by atoms with E-state index in [-0.39, 0.29) is 24.8 Å². The molecule has 1 atom stereocenters. The van der Waals surface area contributed by atoms with Gasteiger partial charge in [0.2, 0.25) is 11.8 Å². The van der Waals surface area contributed by atoms with Crippen LogP contribution >= 0.6 is 11.6 Å². The highest BCUT2D eigenvalue weighted by Gasteiger charge is 2.36. The molecule has 0 bridgehead atoms. The van der Waals surface area contributed by atoms with Crippen molar-refractivity contribution in [3.8, 4) is 11.5 Å². The Morgan fingerprint density at radius 3 is 2.44 bits per heavy atom. The maximum Gasteiger partial charge on any atom is 0.229 e. The zero-order valence-electron chi connectivity index (χ0n) is 15.4. The number of hydrogen-bond donors (Lipinski definition) is 1. The summed E-state index contributed by atoms with van der Waals surface area (Å²) >= 11 is 6.21. The summed E-state index contributed by atoms with van der Waals surface area (Å²) in [5, 5.41) is 3.24. The van der Waals surface area contributed by atoms with E-state index in [0.717, 1.165) is 5.56 Å². The molecule has 2 amide bonds. The largest absolute Gasteiger partial charge is 0.495 e. The second-order valence-corrected chi connectivity index (χ2v) is 6.83. The number of carbonyl (C=O) groups excluding carboxylic acids is 2. The van der Waals surface area contributed by atoms with Gasteiger partial charge in [-0.15, -0.1) is 0 Å². The molecular formula is C20H21ClN2O4. The Hall–Kier alpha value is -2.73. The zero-order valence-corrected chi connectivity index (χ0v) is 16.2. The van der Waals surface area contributed by atoms with Gasteiger partial charge in [0.25, 0.3) is 0 Å². The van der Waals surface area contributed by atoms with Crippen LogP contribution in [0.25, 0.3) is 0 Å². The molecule has 1 saturated heterocycles. The van der Waals surface area contributed by atoms with Crippen molar-refractivity contribution in [3.05, 3.63) is 47.0 Å². The van der Waals surface area contributed by atoms with E-state index in [1.54, 1.807) is 12.1 Å². The number of nitrogens with one attached hydrogen (secondary N) is 1. The summed E-state index contributed by atoms with van der Waals surface area (Å²) in [5.74, 6) is 0.123. The average molecular weight is 389 g/mol. The summed E-state index contributed by atoms with van der Waals surface area (Å²) in [6.45, 7) is 2.24. The summed E-state index contributed by atoms with van der Waals surface area (Å²) in [4.78, 5) is 26.6. The van der Waals surface area contributed by atoms with Gasteiger partial charge < -0.3 is 19.7 Å². The Bertz CT molecular complexity index is 867. The molecule has 142 valence electrons. The molecule has 1 aliphatic heterocycles. The quantitative estimate of drug-likeness (QED) is 0.848. The van der Waals surface area contributed by atoms with E-state index in [1.807, 2.05) is 31.2 Å². The predicted octanol–water partition coefficient (Wildman–Crippen LogP) is 3.66. The van der Waals surface area contributed by atoms with E-state index in [2.05, 4.69) is 5.32 Å². The van der Waals surface area contributed by atoms with Gasteiger partial charge in [0.1, 0.15) is 11.5 Å². The first-order chi connectivity index (χ1) is 12.9. The van der Waals surface area contributed by atoms with Crippen molar-refractivity contribution in [3.63, 3.8) is 0 Å². The molecule has 1 fully saturated rings. The maximum atomic E-state index is 12.6. The number of halogens is 1. The molecule has 0 saturated carbocycles. The molecule has 1 aliphatic rings. The first-order valence-electron chi connectivity index (χ1n) is 8.52. The molecule has 3 rings (SSSR count). The van der Waals surface area contributed by atoms with Crippen LogP contribution in [0.1, 0.15) is 12.0 Å². The first kappa shape index (κ1) is 19.0. The summed E-state index contributed by atoms with van der Waals surface area (Å²) in [6, 6.07) is 10.8. The number of benzene rings is 2. The lowest BCUT2D eigenvalue weighted by Crippen LogP contribution is -2.28. The molecule has 1 N–H and O–H groups in total. The van der Waals surface area contributed by atoms with Gasteiger partial charge in [0.15, 0.2) is 0 Å². The lowest BCUT2D eigenvalue weighted by atomic mass is 10.1. The molecule has 27 heavy (non-hydrogen) atoms. The van der Waals surface area contributed by atoms with Crippen LogP contribution < -0.4 is 19.7 Å². The lowest BCUT2D eigenvalue weighted by molar-refractivity contribution is -0.122. The predicted molar refractivity (Wildman–Crippen MR) is 105 cm³/mol. The van der Waals surface area contributed by atoms with Crippen molar-refractivity contribution in [1.82, 2.24) is 0 Å². The molecule has 0 spiro atoms. The molecule has 2 aromatic carbocycles. The minimum Gasteiger partial charge on any atom is -0.495 e. The Labute approximate surface area is 163 Å². The highest BCUT2D eigenvalue weighted by molar-refractivity contribution is 6.32. The van der Waals surface area contributed by atoms with Crippen molar-refractivity contribution >= 4 is 34.8 Å². The number of amides is 2. The smallest absolute Gasteiger partial charge is 0.229 e. The summed E-state index contributed by atoms with van der Waals surface area (Å²) < 4.78 is 10.6. The van der Waals surface area contributed by atoms with Gasteiger partial charge in [-0.3, -0.25) is 9.59 Å². The van der Waals surface area contributed by atoms with Crippen LogP contribution in [0.15, 0.2) is 36.4 Å². The van der Waals surface area contributed by atoms with Crippen LogP contribution in [-0.2, 0) is 9.59 Å². The highest BCUT2D eigenvalue weighted by Crippen LogP contribution is 2.40. The van der Waals surface area contributed by atoms with Crippen LogP contribution in [0.3, 0.4) is 0 Å². The zero-order chi connectivity index (χ0) is 19.6. The van der Waals surface area contributed by atoms with Crippen LogP contribution in [0.5, 0.6) is 11.5 Å². The van der Waals surface area contributed by atoms with E-state index in [0.29, 0.717) is 27.9 Å². The second kappa shape index (κ2) is 7.88. The van der Waals surface area contributed by atoms with Gasteiger partial charge in [0.05, 0.1) is 30.8 Å². The number of aryl methyl sites for hydroxylation is 1. The molecule has 1 heterocycles. The van der Waals surface area contributed by atoms with Gasteiger partial charge in [-0.1, -0.05) is 29.3 Å². The Balaban J connectivity index is 1.78. The van der Waals surface area contributed by atoms with Crippen molar-refractivity contribution in [2.24, 2.45) is 5.92 Å². The average Bonchev–Trinajstić information content (AvgIpc) is 3.05. The van der Waals surface area contributed by atoms with E-state index in [1.165, 1.54) is 19.1 Å². The Morgan fingerprint density at radius 2 is 1.81 bits per heavy atom. The second-order valence-electron chi connectivity index (χ2n) is 6.42. The normalized spacial score (nSPS) is 16.4. The molecule has 0 unspecified atom stereocenters. The van der Waals surface area contributed by atoms with E-state index >= 15 is 0 Å². The number of ether oxygens (including phenoxy) is 2. The fraction of sp³-hybridized carbons (Fsp3) is 0.300. The number of nitrogens with zero attached hydrogens (tertiary/aromatic N) is 1. The van der Waals surface area contributed by atoms with Gasteiger partial charge >= 0.3 is 0 Å². The number of carbonyl (C=O) groups is 2. The third kappa shape index (κ3) is 4.01. The van der Waals surface area contributed by atoms with Crippen LogP contribution in [-0.4, -0.2) is 32.6 Å². The number of anilines is 2. The van der Waals surface area contributed by atoms with Crippen LogP contribution in [0.4, 0.5) is 11.4 Å². The highest BCUT2D eigenvalue weighted by atomic mass is 35.5. The van der Waals surface area contributed by atoms with Gasteiger partial charge in [-0.25, -0.2) is 0 Å².